The molecule has 0 aliphatic heterocycles. The number of fused-ring (bicyclic) bond motifs is 1. The van der Waals surface area contributed by atoms with Gasteiger partial charge in [0.2, 0.25) is 11.8 Å². The molecule has 1 N–H and O–H groups in total. The van der Waals surface area contributed by atoms with E-state index in [-0.39, 0.29) is 24.4 Å². The number of aromatic nitrogens is 2. The zero-order chi connectivity index (χ0) is 25.8. The maximum Gasteiger partial charge on any atom is 0.248 e. The summed E-state index contributed by atoms with van der Waals surface area (Å²) in [7, 11) is 0. The fourth-order valence-corrected chi connectivity index (χ4v) is 5.24. The number of carbonyl (C=O) groups excluding carboxylic acids is 2. The van der Waals surface area contributed by atoms with Gasteiger partial charge in [-0.2, -0.15) is 0 Å². The molecule has 1 aromatic heterocycles. The number of carbonyl (C=O) groups is 2. The van der Waals surface area contributed by atoms with E-state index in [2.05, 4.69) is 10.3 Å². The molecule has 4 aromatic rings. The van der Waals surface area contributed by atoms with Crippen molar-refractivity contribution >= 4 is 28.5 Å². The van der Waals surface area contributed by atoms with Gasteiger partial charge < -0.3 is 9.88 Å². The molecule has 2 amide bonds. The zero-order valence-corrected chi connectivity index (χ0v) is 20.9. The van der Waals surface area contributed by atoms with Gasteiger partial charge in [-0.1, -0.05) is 61.7 Å². The fraction of sp³-hybridized carbons (Fsp3) is 0.300. The molecule has 1 aliphatic rings. The topological polar surface area (TPSA) is 67.2 Å². The Morgan fingerprint density at radius 1 is 1.03 bits per heavy atom. The third-order valence-corrected chi connectivity index (χ3v) is 7.13. The highest BCUT2D eigenvalue weighted by molar-refractivity contribution is 6.01. The highest BCUT2D eigenvalue weighted by Gasteiger charge is 2.35. The number of amides is 2. The number of rotatable bonds is 7. The van der Waals surface area contributed by atoms with Crippen molar-refractivity contribution < 1.29 is 14.0 Å². The standard InChI is InChI=1S/C30H31FN4O2/c1-21-10-5-6-15-25(21)29(30(37)33-23-12-3-2-4-13-23)35(24-14-9-11-22(31)18-24)28(36)19-34-20-32-26-16-7-8-17-27(26)34/h5-11,14-18,20,23,29H,2-4,12-13,19H2,1H3,(H,33,37)/t29-/m1/s1. The minimum absolute atomic E-state index is 0.0455. The Morgan fingerprint density at radius 3 is 2.57 bits per heavy atom. The summed E-state index contributed by atoms with van der Waals surface area (Å²) in [6.07, 6.45) is 6.76. The van der Waals surface area contributed by atoms with Crippen LogP contribution in [0.3, 0.4) is 0 Å². The lowest BCUT2D eigenvalue weighted by atomic mass is 9.93. The minimum Gasteiger partial charge on any atom is -0.351 e. The molecule has 0 saturated heterocycles. The lowest BCUT2D eigenvalue weighted by Gasteiger charge is -2.34. The number of aryl methyl sites for hydroxylation is 1. The van der Waals surface area contributed by atoms with Crippen molar-refractivity contribution in [3.63, 3.8) is 0 Å². The van der Waals surface area contributed by atoms with Crippen LogP contribution in [0.1, 0.15) is 49.3 Å². The van der Waals surface area contributed by atoms with E-state index in [0.717, 1.165) is 42.3 Å². The van der Waals surface area contributed by atoms with Crippen molar-refractivity contribution in [2.45, 2.75) is 57.7 Å². The molecule has 7 heteroatoms. The van der Waals surface area contributed by atoms with Gasteiger partial charge in [0.05, 0.1) is 17.4 Å². The normalized spacial score (nSPS) is 14.9. The summed E-state index contributed by atoms with van der Waals surface area (Å²) in [6, 6.07) is 20.1. The van der Waals surface area contributed by atoms with Gasteiger partial charge in [0, 0.05) is 11.7 Å². The van der Waals surface area contributed by atoms with E-state index in [1.807, 2.05) is 55.5 Å². The number of nitrogens with zero attached hydrogens (tertiary/aromatic N) is 3. The fourth-order valence-electron chi connectivity index (χ4n) is 5.24. The molecule has 1 fully saturated rings. The third kappa shape index (κ3) is 5.40. The molecule has 0 bridgehead atoms. The van der Waals surface area contributed by atoms with Crippen LogP contribution in [0.4, 0.5) is 10.1 Å². The maximum absolute atomic E-state index is 14.4. The van der Waals surface area contributed by atoms with Gasteiger partial charge in [0.25, 0.3) is 0 Å². The molecular formula is C30H31FN4O2. The summed E-state index contributed by atoms with van der Waals surface area (Å²) >= 11 is 0. The lowest BCUT2D eigenvalue weighted by molar-refractivity contribution is -0.127. The molecule has 1 atom stereocenters. The molecule has 0 radical (unpaired) electrons. The SMILES string of the molecule is Cc1ccccc1[C@H](C(=O)NC1CCCCC1)N(C(=O)Cn1cnc2ccccc21)c1cccc(F)c1. The molecule has 5 rings (SSSR count). The van der Waals surface area contributed by atoms with Crippen molar-refractivity contribution in [2.24, 2.45) is 0 Å². The third-order valence-electron chi connectivity index (χ3n) is 7.13. The van der Waals surface area contributed by atoms with Crippen LogP contribution < -0.4 is 10.2 Å². The van der Waals surface area contributed by atoms with Crippen LogP contribution in [-0.2, 0) is 16.1 Å². The summed E-state index contributed by atoms with van der Waals surface area (Å²) in [5, 5.41) is 3.21. The first-order valence-corrected chi connectivity index (χ1v) is 12.8. The van der Waals surface area contributed by atoms with Gasteiger partial charge in [-0.25, -0.2) is 9.37 Å². The summed E-state index contributed by atoms with van der Waals surface area (Å²) in [6.45, 7) is 1.88. The highest BCUT2D eigenvalue weighted by atomic mass is 19.1. The molecule has 190 valence electrons. The van der Waals surface area contributed by atoms with Crippen LogP contribution in [-0.4, -0.2) is 27.4 Å². The smallest absolute Gasteiger partial charge is 0.248 e. The molecule has 1 aliphatic carbocycles. The van der Waals surface area contributed by atoms with E-state index in [1.54, 1.807) is 23.0 Å². The Balaban J connectivity index is 1.57. The van der Waals surface area contributed by atoms with Gasteiger partial charge in [-0.3, -0.25) is 14.5 Å². The molecule has 1 heterocycles. The Bertz CT molecular complexity index is 1410. The Labute approximate surface area is 216 Å². The molecule has 0 spiro atoms. The first-order valence-electron chi connectivity index (χ1n) is 12.8. The van der Waals surface area contributed by atoms with Gasteiger partial charge in [-0.15, -0.1) is 0 Å². The van der Waals surface area contributed by atoms with Gasteiger partial charge >= 0.3 is 0 Å². The number of benzene rings is 3. The van der Waals surface area contributed by atoms with E-state index in [1.165, 1.54) is 23.5 Å². The summed E-state index contributed by atoms with van der Waals surface area (Å²) in [5.74, 6) is -1.06. The Morgan fingerprint density at radius 2 is 1.78 bits per heavy atom. The molecule has 3 aromatic carbocycles. The average molecular weight is 499 g/mol. The second-order valence-electron chi connectivity index (χ2n) is 9.71. The van der Waals surface area contributed by atoms with Crippen LogP contribution in [0.5, 0.6) is 0 Å². The van der Waals surface area contributed by atoms with Crippen molar-refractivity contribution in [2.75, 3.05) is 4.90 Å². The van der Waals surface area contributed by atoms with Crippen molar-refractivity contribution in [3.8, 4) is 0 Å². The molecule has 6 nitrogen and oxygen atoms in total. The Hall–Kier alpha value is -4.00. The molecule has 1 saturated carbocycles. The first kappa shape index (κ1) is 24.7. The summed E-state index contributed by atoms with van der Waals surface area (Å²) in [5.41, 5.74) is 3.52. The van der Waals surface area contributed by atoms with Crippen LogP contribution >= 0.6 is 0 Å². The number of hydrogen-bond donors (Lipinski definition) is 1. The molecular weight excluding hydrogens is 467 g/mol. The number of para-hydroxylation sites is 2. The zero-order valence-electron chi connectivity index (χ0n) is 20.9. The van der Waals surface area contributed by atoms with Crippen molar-refractivity contribution in [1.82, 2.24) is 14.9 Å². The summed E-state index contributed by atoms with van der Waals surface area (Å²) < 4.78 is 16.2. The maximum atomic E-state index is 14.4. The van der Waals surface area contributed by atoms with Gasteiger partial charge in [0.15, 0.2) is 0 Å². The highest BCUT2D eigenvalue weighted by Crippen LogP contribution is 2.32. The predicted molar refractivity (Wildman–Crippen MR) is 143 cm³/mol. The predicted octanol–water partition coefficient (Wildman–Crippen LogP) is 5.71. The van der Waals surface area contributed by atoms with Crippen LogP contribution in [0, 0.1) is 12.7 Å². The van der Waals surface area contributed by atoms with Gasteiger partial charge in [0.1, 0.15) is 18.4 Å². The molecule has 37 heavy (non-hydrogen) atoms. The van der Waals surface area contributed by atoms with Crippen LogP contribution in [0.15, 0.2) is 79.1 Å². The van der Waals surface area contributed by atoms with Crippen LogP contribution in [0.25, 0.3) is 11.0 Å². The first-order chi connectivity index (χ1) is 18.0. The van der Waals surface area contributed by atoms with E-state index >= 15 is 0 Å². The van der Waals surface area contributed by atoms with E-state index < -0.39 is 11.9 Å². The quantitative estimate of drug-likeness (QED) is 0.355. The molecule has 0 unspecified atom stereocenters. The van der Waals surface area contributed by atoms with E-state index in [0.29, 0.717) is 11.3 Å². The number of imidazole rings is 1. The average Bonchev–Trinajstić information content (AvgIpc) is 3.31. The Kier molecular flexibility index (Phi) is 7.30. The summed E-state index contributed by atoms with van der Waals surface area (Å²) in [4.78, 5) is 33.9. The van der Waals surface area contributed by atoms with Gasteiger partial charge in [-0.05, 0) is 61.2 Å². The second-order valence-corrected chi connectivity index (χ2v) is 9.71. The number of halogens is 1. The van der Waals surface area contributed by atoms with E-state index in [4.69, 9.17) is 0 Å². The largest absolute Gasteiger partial charge is 0.351 e. The second kappa shape index (κ2) is 10.9. The van der Waals surface area contributed by atoms with E-state index in [9.17, 15) is 14.0 Å². The van der Waals surface area contributed by atoms with Crippen molar-refractivity contribution in [1.29, 1.82) is 0 Å². The monoisotopic (exact) mass is 498 g/mol. The minimum atomic E-state index is -0.952. The number of anilines is 1. The number of nitrogens with one attached hydrogen (secondary N) is 1. The lowest BCUT2D eigenvalue weighted by Crippen LogP contribution is -2.48. The van der Waals surface area contributed by atoms with Crippen molar-refractivity contribution in [3.05, 3.63) is 96.1 Å². The van der Waals surface area contributed by atoms with Crippen LogP contribution in [0.2, 0.25) is 0 Å². The number of hydrogen-bond acceptors (Lipinski definition) is 3.